The molecule has 196 valence electrons. The van der Waals surface area contributed by atoms with Crippen molar-refractivity contribution in [2.45, 2.75) is 6.92 Å². The monoisotopic (exact) mass is 534 g/mol. The van der Waals surface area contributed by atoms with E-state index in [-0.39, 0.29) is 0 Å². The van der Waals surface area contributed by atoms with Crippen LogP contribution in [0.15, 0.2) is 144 Å². The van der Waals surface area contributed by atoms with Crippen molar-refractivity contribution < 1.29 is 4.42 Å². The molecule has 8 aromatic carbocycles. The van der Waals surface area contributed by atoms with E-state index >= 15 is 0 Å². The molecule has 1 heterocycles. The highest BCUT2D eigenvalue weighted by Crippen LogP contribution is 2.43. The average molecular weight is 535 g/mol. The first-order chi connectivity index (χ1) is 20.7. The first kappa shape index (κ1) is 23.3. The highest BCUT2D eigenvalue weighted by Gasteiger charge is 2.16. The van der Waals surface area contributed by atoms with Crippen LogP contribution in [0.4, 0.5) is 0 Å². The van der Waals surface area contributed by atoms with E-state index in [2.05, 4.69) is 134 Å². The van der Waals surface area contributed by atoms with Crippen LogP contribution in [-0.2, 0) is 0 Å². The molecule has 1 heteroatoms. The fraction of sp³-hybridized carbons (Fsp3) is 0.0244. The molecule has 1 aromatic heterocycles. The minimum atomic E-state index is 0.927. The SMILES string of the molecule is Cc1cccc(-c2ccc3ccc4c(-c5ccc(-c6cccc7c6oc6ccccc67)cc5)ccc5ccc2c3c54)c1. The van der Waals surface area contributed by atoms with Crippen molar-refractivity contribution in [1.82, 2.24) is 0 Å². The van der Waals surface area contributed by atoms with E-state index in [0.29, 0.717) is 0 Å². The van der Waals surface area contributed by atoms with Gasteiger partial charge in [-0.2, -0.15) is 0 Å². The van der Waals surface area contributed by atoms with Crippen molar-refractivity contribution in [1.29, 1.82) is 0 Å². The summed E-state index contributed by atoms with van der Waals surface area (Å²) >= 11 is 0. The second kappa shape index (κ2) is 8.80. The third-order valence-electron chi connectivity index (χ3n) is 8.90. The minimum absolute atomic E-state index is 0.927. The number of para-hydroxylation sites is 2. The van der Waals surface area contributed by atoms with Gasteiger partial charge in [-0.1, -0.05) is 139 Å². The zero-order chi connectivity index (χ0) is 27.8. The van der Waals surface area contributed by atoms with Gasteiger partial charge in [-0.15, -0.1) is 0 Å². The Balaban J connectivity index is 1.21. The zero-order valence-corrected chi connectivity index (χ0v) is 23.2. The number of aryl methyl sites for hydroxylation is 1. The Labute approximate surface area is 243 Å². The van der Waals surface area contributed by atoms with E-state index in [9.17, 15) is 0 Å². The molecule has 9 aromatic rings. The Morgan fingerprint density at radius 2 is 1.00 bits per heavy atom. The smallest absolute Gasteiger partial charge is 0.143 e. The molecule has 0 spiro atoms. The van der Waals surface area contributed by atoms with Crippen LogP contribution in [0.25, 0.3) is 87.6 Å². The molecule has 1 nitrogen and oxygen atoms in total. The van der Waals surface area contributed by atoms with Crippen LogP contribution in [-0.4, -0.2) is 0 Å². The molecular formula is C41H26O. The molecular weight excluding hydrogens is 508 g/mol. The maximum atomic E-state index is 6.32. The van der Waals surface area contributed by atoms with Gasteiger partial charge in [0.2, 0.25) is 0 Å². The maximum Gasteiger partial charge on any atom is 0.143 e. The third-order valence-corrected chi connectivity index (χ3v) is 8.90. The Morgan fingerprint density at radius 1 is 0.405 bits per heavy atom. The molecule has 0 saturated carbocycles. The van der Waals surface area contributed by atoms with Crippen molar-refractivity contribution in [3.8, 4) is 33.4 Å². The molecule has 0 bridgehead atoms. The standard InChI is InChI=1S/C41H26O/c1-25-6-4-7-30(24-25)32-21-17-29-18-22-35-31(20-16-28-19-23-36(32)40(29)39(28)35)26-12-14-27(15-13-26)33-9-5-10-37-34-8-2-3-11-38(34)42-41(33)37/h2-24H,1H3. The quantitative estimate of drug-likeness (QED) is 0.205. The predicted octanol–water partition coefficient (Wildman–Crippen LogP) is 11.8. The Morgan fingerprint density at radius 3 is 1.71 bits per heavy atom. The van der Waals surface area contributed by atoms with Crippen molar-refractivity contribution in [2.75, 3.05) is 0 Å². The van der Waals surface area contributed by atoms with Crippen LogP contribution in [0.2, 0.25) is 0 Å². The van der Waals surface area contributed by atoms with E-state index in [1.165, 1.54) is 60.1 Å². The highest BCUT2D eigenvalue weighted by molar-refractivity contribution is 6.27. The molecule has 0 unspecified atom stereocenters. The zero-order valence-electron chi connectivity index (χ0n) is 23.2. The van der Waals surface area contributed by atoms with E-state index in [1.807, 2.05) is 12.1 Å². The number of rotatable bonds is 3. The van der Waals surface area contributed by atoms with Crippen LogP contribution in [0.5, 0.6) is 0 Å². The lowest BCUT2D eigenvalue weighted by molar-refractivity contribution is 0.670. The number of fused-ring (bicyclic) bond motifs is 3. The number of benzene rings is 8. The van der Waals surface area contributed by atoms with Gasteiger partial charge < -0.3 is 4.42 Å². The van der Waals surface area contributed by atoms with Gasteiger partial charge in [0.05, 0.1) is 0 Å². The summed E-state index contributed by atoms with van der Waals surface area (Å²) in [4.78, 5) is 0. The largest absolute Gasteiger partial charge is 0.455 e. The summed E-state index contributed by atoms with van der Waals surface area (Å²) in [5, 5.41) is 10.2. The van der Waals surface area contributed by atoms with Crippen molar-refractivity contribution in [3.63, 3.8) is 0 Å². The maximum absolute atomic E-state index is 6.32. The Bertz CT molecular complexity index is 2460. The third kappa shape index (κ3) is 3.37. The van der Waals surface area contributed by atoms with Crippen molar-refractivity contribution in [2.24, 2.45) is 0 Å². The topological polar surface area (TPSA) is 13.1 Å². The lowest BCUT2D eigenvalue weighted by atomic mass is 9.87. The highest BCUT2D eigenvalue weighted by atomic mass is 16.3. The van der Waals surface area contributed by atoms with Crippen molar-refractivity contribution in [3.05, 3.63) is 145 Å². The summed E-state index contributed by atoms with van der Waals surface area (Å²) in [5.74, 6) is 0. The summed E-state index contributed by atoms with van der Waals surface area (Å²) in [6, 6.07) is 50.7. The lowest BCUT2D eigenvalue weighted by Crippen LogP contribution is -1.90. The van der Waals surface area contributed by atoms with Gasteiger partial charge in [0.1, 0.15) is 11.2 Å². The number of hydrogen-bond acceptors (Lipinski definition) is 1. The molecule has 0 aliphatic heterocycles. The van der Waals surface area contributed by atoms with Crippen LogP contribution in [0.1, 0.15) is 5.56 Å². The summed E-state index contributed by atoms with van der Waals surface area (Å²) in [7, 11) is 0. The fourth-order valence-corrected chi connectivity index (χ4v) is 6.92. The number of hydrogen-bond donors (Lipinski definition) is 0. The second-order valence-electron chi connectivity index (χ2n) is 11.4. The minimum Gasteiger partial charge on any atom is -0.455 e. The summed E-state index contributed by atoms with van der Waals surface area (Å²) in [5.41, 5.74) is 10.4. The molecule has 0 aliphatic carbocycles. The number of furan rings is 1. The second-order valence-corrected chi connectivity index (χ2v) is 11.4. The molecule has 0 radical (unpaired) electrons. The average Bonchev–Trinajstić information content (AvgIpc) is 3.43. The summed E-state index contributed by atoms with van der Waals surface area (Å²) in [6.45, 7) is 2.16. The summed E-state index contributed by atoms with van der Waals surface area (Å²) < 4.78 is 6.32. The van der Waals surface area contributed by atoms with E-state index in [4.69, 9.17) is 4.42 Å². The molecule has 0 saturated heterocycles. The fourth-order valence-electron chi connectivity index (χ4n) is 6.92. The van der Waals surface area contributed by atoms with Crippen molar-refractivity contribution >= 4 is 54.3 Å². The molecule has 0 amide bonds. The van der Waals surface area contributed by atoms with Crippen LogP contribution < -0.4 is 0 Å². The van der Waals surface area contributed by atoms with Gasteiger partial charge in [0, 0.05) is 16.3 Å². The molecule has 42 heavy (non-hydrogen) atoms. The van der Waals surface area contributed by atoms with E-state index < -0.39 is 0 Å². The molecule has 9 rings (SSSR count). The van der Waals surface area contributed by atoms with Crippen LogP contribution in [0, 0.1) is 6.92 Å². The first-order valence-corrected chi connectivity index (χ1v) is 14.5. The van der Waals surface area contributed by atoms with Crippen LogP contribution >= 0.6 is 0 Å². The normalized spacial score (nSPS) is 11.9. The predicted molar refractivity (Wildman–Crippen MR) is 178 cm³/mol. The van der Waals surface area contributed by atoms with E-state index in [0.717, 1.165) is 33.1 Å². The van der Waals surface area contributed by atoms with Crippen LogP contribution in [0.3, 0.4) is 0 Å². The van der Waals surface area contributed by atoms with Gasteiger partial charge >= 0.3 is 0 Å². The molecule has 0 fully saturated rings. The summed E-state index contributed by atoms with van der Waals surface area (Å²) in [6.07, 6.45) is 0. The first-order valence-electron chi connectivity index (χ1n) is 14.5. The molecule has 0 aliphatic rings. The molecule has 0 atom stereocenters. The van der Waals surface area contributed by atoms with Gasteiger partial charge in [-0.25, -0.2) is 0 Å². The lowest BCUT2D eigenvalue weighted by Gasteiger charge is -2.17. The van der Waals surface area contributed by atoms with Gasteiger partial charge in [-0.05, 0) is 73.1 Å². The Hall–Kier alpha value is -5.40. The van der Waals surface area contributed by atoms with Gasteiger partial charge in [-0.3, -0.25) is 0 Å². The van der Waals surface area contributed by atoms with Gasteiger partial charge in [0.15, 0.2) is 0 Å². The van der Waals surface area contributed by atoms with Gasteiger partial charge in [0.25, 0.3) is 0 Å². The Kier molecular flexibility index (Phi) is 4.88. The molecule has 0 N–H and O–H groups in total. The van der Waals surface area contributed by atoms with E-state index in [1.54, 1.807) is 0 Å².